The summed E-state index contributed by atoms with van der Waals surface area (Å²) in [6.07, 6.45) is 1.29. The fourth-order valence-corrected chi connectivity index (χ4v) is 2.68. The van der Waals surface area contributed by atoms with Crippen molar-refractivity contribution in [2.45, 2.75) is 46.3 Å². The average molecular weight is 304 g/mol. The number of fused-ring (bicyclic) bond motifs is 1. The number of aliphatic hydroxyl groups excluding tert-OH is 1. The molecule has 0 aromatic heterocycles. The number of benzene rings is 1. The second-order valence-corrected chi connectivity index (χ2v) is 6.86. The highest BCUT2D eigenvalue weighted by Crippen LogP contribution is 2.20. The molecule has 0 saturated carbocycles. The van der Waals surface area contributed by atoms with Gasteiger partial charge in [0.15, 0.2) is 0 Å². The van der Waals surface area contributed by atoms with Gasteiger partial charge in [0.2, 0.25) is 5.91 Å². The number of nitrogens with one attached hydrogen (secondary N) is 1. The number of hydrogen-bond donors (Lipinski definition) is 2. The number of nitrogens with zero attached hydrogens (tertiary/aromatic N) is 1. The molecule has 0 aliphatic carbocycles. The summed E-state index contributed by atoms with van der Waals surface area (Å²) in [4.78, 5) is 14.3. The van der Waals surface area contributed by atoms with E-state index in [1.807, 2.05) is 20.8 Å². The van der Waals surface area contributed by atoms with Crippen LogP contribution in [-0.4, -0.2) is 41.7 Å². The zero-order chi connectivity index (χ0) is 16.2. The second kappa shape index (κ2) is 7.25. The van der Waals surface area contributed by atoms with Crippen molar-refractivity contribution in [3.05, 3.63) is 35.4 Å². The summed E-state index contributed by atoms with van der Waals surface area (Å²) in [7, 11) is 0. The van der Waals surface area contributed by atoms with Gasteiger partial charge < -0.3 is 10.4 Å². The van der Waals surface area contributed by atoms with Crippen LogP contribution < -0.4 is 5.32 Å². The van der Waals surface area contributed by atoms with Gasteiger partial charge in [0.05, 0.1) is 6.10 Å². The van der Waals surface area contributed by atoms with Crippen LogP contribution in [0.2, 0.25) is 0 Å². The summed E-state index contributed by atoms with van der Waals surface area (Å²) in [5.41, 5.74) is 2.38. The third-order valence-corrected chi connectivity index (χ3v) is 4.68. The van der Waals surface area contributed by atoms with Gasteiger partial charge in [-0.15, -0.1) is 0 Å². The van der Waals surface area contributed by atoms with Crippen molar-refractivity contribution in [2.75, 3.05) is 19.6 Å². The van der Waals surface area contributed by atoms with Gasteiger partial charge in [-0.3, -0.25) is 9.69 Å². The number of β-amino-alcohol motifs (C(OH)–C–C–N with tert-alkyl or cyclic N) is 1. The van der Waals surface area contributed by atoms with Gasteiger partial charge in [-0.25, -0.2) is 0 Å². The molecule has 4 nitrogen and oxygen atoms in total. The molecule has 1 heterocycles. The Labute approximate surface area is 133 Å². The third kappa shape index (κ3) is 4.31. The van der Waals surface area contributed by atoms with E-state index in [0.717, 1.165) is 25.9 Å². The van der Waals surface area contributed by atoms with Gasteiger partial charge in [0.25, 0.3) is 0 Å². The standard InChI is InChI=1S/C18H28N2O2/c1-4-18(2,3)17(22)19-11-16(21)13-20-10-9-14-7-5-6-8-15(14)12-20/h5-8,16,21H,4,9-13H2,1-3H3,(H,19,22). The molecule has 0 radical (unpaired) electrons. The Morgan fingerprint density at radius 3 is 2.73 bits per heavy atom. The molecular weight excluding hydrogens is 276 g/mol. The van der Waals surface area contributed by atoms with Gasteiger partial charge in [0, 0.05) is 31.6 Å². The molecule has 1 amide bonds. The molecule has 1 aliphatic heterocycles. The molecule has 122 valence electrons. The van der Waals surface area contributed by atoms with Crippen LogP contribution in [0.4, 0.5) is 0 Å². The van der Waals surface area contributed by atoms with Crippen LogP contribution in [0.25, 0.3) is 0 Å². The Bertz CT molecular complexity index is 514. The molecule has 4 heteroatoms. The van der Waals surface area contributed by atoms with Crippen LogP contribution >= 0.6 is 0 Å². The number of amides is 1. The summed E-state index contributed by atoms with van der Waals surface area (Å²) >= 11 is 0. The minimum Gasteiger partial charge on any atom is -0.390 e. The van der Waals surface area contributed by atoms with Crippen molar-refractivity contribution < 1.29 is 9.90 Å². The van der Waals surface area contributed by atoms with Crippen LogP contribution in [0.5, 0.6) is 0 Å². The molecule has 2 N–H and O–H groups in total. The molecule has 1 aliphatic rings. The largest absolute Gasteiger partial charge is 0.390 e. The molecule has 0 bridgehead atoms. The van der Waals surface area contributed by atoms with Crippen molar-refractivity contribution in [3.63, 3.8) is 0 Å². The minimum atomic E-state index is -0.526. The van der Waals surface area contributed by atoms with Crippen molar-refractivity contribution in [1.29, 1.82) is 0 Å². The number of carbonyl (C=O) groups excluding carboxylic acids is 1. The summed E-state index contributed by atoms with van der Waals surface area (Å²) in [5.74, 6) is 0.0121. The molecular formula is C18H28N2O2. The van der Waals surface area contributed by atoms with E-state index in [-0.39, 0.29) is 11.3 Å². The fourth-order valence-electron chi connectivity index (χ4n) is 2.68. The zero-order valence-electron chi connectivity index (χ0n) is 13.9. The van der Waals surface area contributed by atoms with Gasteiger partial charge in [-0.1, -0.05) is 45.0 Å². The van der Waals surface area contributed by atoms with E-state index in [2.05, 4.69) is 34.5 Å². The Morgan fingerprint density at radius 1 is 1.36 bits per heavy atom. The van der Waals surface area contributed by atoms with Crippen LogP contribution in [0.15, 0.2) is 24.3 Å². The lowest BCUT2D eigenvalue weighted by Gasteiger charge is -2.30. The smallest absolute Gasteiger partial charge is 0.225 e. The topological polar surface area (TPSA) is 52.6 Å². The third-order valence-electron chi connectivity index (χ3n) is 4.68. The van der Waals surface area contributed by atoms with E-state index < -0.39 is 6.10 Å². The molecule has 22 heavy (non-hydrogen) atoms. The highest BCUT2D eigenvalue weighted by Gasteiger charge is 2.26. The summed E-state index contributed by atoms with van der Waals surface area (Å²) in [5, 5.41) is 13.0. The quantitative estimate of drug-likeness (QED) is 0.845. The van der Waals surface area contributed by atoms with E-state index in [0.29, 0.717) is 13.1 Å². The predicted octanol–water partition coefficient (Wildman–Crippen LogP) is 1.96. The van der Waals surface area contributed by atoms with E-state index >= 15 is 0 Å². The normalized spacial score (nSPS) is 16.9. The molecule has 2 rings (SSSR count). The van der Waals surface area contributed by atoms with E-state index in [4.69, 9.17) is 0 Å². The van der Waals surface area contributed by atoms with Crippen molar-refractivity contribution in [2.24, 2.45) is 5.41 Å². The van der Waals surface area contributed by atoms with Crippen LogP contribution in [0.1, 0.15) is 38.3 Å². The lowest BCUT2D eigenvalue weighted by Crippen LogP contribution is -2.44. The molecule has 1 unspecified atom stereocenters. The monoisotopic (exact) mass is 304 g/mol. The Hall–Kier alpha value is -1.39. The average Bonchev–Trinajstić information content (AvgIpc) is 2.52. The Morgan fingerprint density at radius 2 is 2.05 bits per heavy atom. The number of hydrogen-bond acceptors (Lipinski definition) is 3. The minimum absolute atomic E-state index is 0.0121. The molecule has 1 aromatic rings. The van der Waals surface area contributed by atoms with E-state index in [1.54, 1.807) is 0 Å². The SMILES string of the molecule is CCC(C)(C)C(=O)NCC(O)CN1CCc2ccccc2C1. The number of carbonyl (C=O) groups is 1. The molecule has 1 aromatic carbocycles. The first kappa shape index (κ1) is 17.0. The van der Waals surface area contributed by atoms with Crippen LogP contribution in [0, 0.1) is 5.41 Å². The van der Waals surface area contributed by atoms with Gasteiger partial charge >= 0.3 is 0 Å². The molecule has 0 fully saturated rings. The number of aliphatic hydroxyl groups is 1. The van der Waals surface area contributed by atoms with Crippen LogP contribution in [-0.2, 0) is 17.8 Å². The van der Waals surface area contributed by atoms with Crippen molar-refractivity contribution in [3.8, 4) is 0 Å². The summed E-state index contributed by atoms with van der Waals surface area (Å²) < 4.78 is 0. The van der Waals surface area contributed by atoms with Crippen LogP contribution in [0.3, 0.4) is 0 Å². The first-order chi connectivity index (χ1) is 10.4. The van der Waals surface area contributed by atoms with Gasteiger partial charge in [-0.05, 0) is 24.0 Å². The maximum Gasteiger partial charge on any atom is 0.225 e. The second-order valence-electron chi connectivity index (χ2n) is 6.86. The molecule has 0 spiro atoms. The van der Waals surface area contributed by atoms with Gasteiger partial charge in [0.1, 0.15) is 0 Å². The maximum atomic E-state index is 12.0. The fraction of sp³-hybridized carbons (Fsp3) is 0.611. The summed E-state index contributed by atoms with van der Waals surface area (Å²) in [6, 6.07) is 8.47. The lowest BCUT2D eigenvalue weighted by molar-refractivity contribution is -0.130. The first-order valence-corrected chi connectivity index (χ1v) is 8.18. The zero-order valence-corrected chi connectivity index (χ0v) is 13.9. The predicted molar refractivity (Wildman–Crippen MR) is 88.5 cm³/mol. The highest BCUT2D eigenvalue weighted by atomic mass is 16.3. The summed E-state index contributed by atoms with van der Waals surface area (Å²) in [6.45, 7) is 8.61. The van der Waals surface area contributed by atoms with E-state index in [1.165, 1.54) is 11.1 Å². The van der Waals surface area contributed by atoms with Crippen molar-refractivity contribution >= 4 is 5.91 Å². The molecule has 1 atom stereocenters. The Balaban J connectivity index is 1.79. The maximum absolute atomic E-state index is 12.0. The number of rotatable bonds is 6. The van der Waals surface area contributed by atoms with Crippen molar-refractivity contribution in [1.82, 2.24) is 10.2 Å². The first-order valence-electron chi connectivity index (χ1n) is 8.18. The highest BCUT2D eigenvalue weighted by molar-refractivity contribution is 5.81. The van der Waals surface area contributed by atoms with E-state index in [9.17, 15) is 9.90 Å². The molecule has 0 saturated heterocycles. The lowest BCUT2D eigenvalue weighted by atomic mass is 9.89. The Kier molecular flexibility index (Phi) is 5.59. The van der Waals surface area contributed by atoms with Gasteiger partial charge in [-0.2, -0.15) is 0 Å².